The molecule has 1 heterocycles. The molecule has 4 aliphatic carbocycles. The van der Waals surface area contributed by atoms with Gasteiger partial charge in [-0.15, -0.1) is 0 Å². The number of aliphatic hydroxyl groups excluding tert-OH is 1. The molecule has 28 heavy (non-hydrogen) atoms. The summed E-state index contributed by atoms with van der Waals surface area (Å²) >= 11 is 0. The highest BCUT2D eigenvalue weighted by atomic mass is 19.4. The van der Waals surface area contributed by atoms with Crippen molar-refractivity contribution in [2.24, 2.45) is 11.8 Å². The number of nitrogens with zero attached hydrogens (tertiary/aromatic N) is 2. The maximum absolute atomic E-state index is 13.2. The molecule has 0 saturated heterocycles. The lowest BCUT2D eigenvalue weighted by Crippen LogP contribution is -2.55. The fraction of sp³-hybridized carbons (Fsp3) is 0.600. The zero-order valence-electron chi connectivity index (χ0n) is 15.8. The van der Waals surface area contributed by atoms with Crippen LogP contribution in [-0.2, 0) is 6.18 Å². The monoisotopic (exact) mass is 394 g/mol. The Kier molecular flexibility index (Phi) is 4.45. The number of alkyl halides is 3. The molecule has 4 aliphatic rings. The number of anilines is 1. The normalized spacial score (nSPS) is 28.0. The molecule has 1 atom stereocenters. The van der Waals surface area contributed by atoms with E-state index in [1.54, 1.807) is 13.1 Å². The average molecular weight is 394 g/mol. The van der Waals surface area contributed by atoms with Gasteiger partial charge in [-0.3, -0.25) is 5.41 Å². The first-order valence-corrected chi connectivity index (χ1v) is 9.68. The van der Waals surface area contributed by atoms with Crippen LogP contribution in [-0.4, -0.2) is 32.5 Å². The fourth-order valence-electron chi connectivity index (χ4n) is 4.64. The highest BCUT2D eigenvalue weighted by molar-refractivity contribution is 5.87. The second-order valence-corrected chi connectivity index (χ2v) is 8.54. The molecule has 1 aromatic rings. The molecule has 4 fully saturated rings. The summed E-state index contributed by atoms with van der Waals surface area (Å²) in [4.78, 5) is 5.54. The molecule has 2 bridgehead atoms. The van der Waals surface area contributed by atoms with Crippen LogP contribution in [0.4, 0.5) is 19.0 Å². The number of pyridine rings is 1. The van der Waals surface area contributed by atoms with E-state index in [9.17, 15) is 18.3 Å². The van der Waals surface area contributed by atoms with Crippen LogP contribution in [0.2, 0.25) is 0 Å². The number of hydrogen-bond acceptors (Lipinski definition) is 4. The molecule has 4 N–H and O–H groups in total. The lowest BCUT2D eigenvalue weighted by molar-refractivity contribution is -0.137. The fourth-order valence-corrected chi connectivity index (χ4v) is 4.64. The first kappa shape index (κ1) is 19.2. The van der Waals surface area contributed by atoms with E-state index < -0.39 is 23.7 Å². The molecule has 1 aromatic heterocycles. The summed E-state index contributed by atoms with van der Waals surface area (Å²) in [5, 5.41) is 19.1. The molecule has 4 saturated carbocycles. The van der Waals surface area contributed by atoms with Crippen molar-refractivity contribution in [1.82, 2.24) is 9.88 Å². The van der Waals surface area contributed by atoms with Crippen LogP contribution in [0, 0.1) is 17.2 Å². The SMILES string of the molecule is C/C(=C\N(C(=N)C(O)C1CC1)C12CCC(C1)C2)c1cnc(N)c(C(F)(F)F)c1. The number of aromatic nitrogens is 1. The van der Waals surface area contributed by atoms with E-state index in [0.717, 1.165) is 44.6 Å². The third-order valence-electron chi connectivity index (χ3n) is 6.48. The van der Waals surface area contributed by atoms with E-state index in [-0.39, 0.29) is 17.3 Å². The largest absolute Gasteiger partial charge is 0.419 e. The lowest BCUT2D eigenvalue weighted by Gasteiger charge is -2.48. The number of nitrogens with two attached hydrogens (primary N) is 1. The van der Waals surface area contributed by atoms with Crippen LogP contribution in [0.1, 0.15) is 56.6 Å². The minimum atomic E-state index is -4.58. The van der Waals surface area contributed by atoms with Gasteiger partial charge in [0.15, 0.2) is 0 Å². The molecular formula is C20H25F3N4O. The van der Waals surface area contributed by atoms with Crippen molar-refractivity contribution in [3.63, 3.8) is 0 Å². The van der Waals surface area contributed by atoms with E-state index in [0.29, 0.717) is 17.1 Å². The topological polar surface area (TPSA) is 86.2 Å². The van der Waals surface area contributed by atoms with Crippen LogP contribution in [0.15, 0.2) is 18.5 Å². The van der Waals surface area contributed by atoms with Gasteiger partial charge in [0, 0.05) is 17.9 Å². The van der Waals surface area contributed by atoms with Crippen LogP contribution < -0.4 is 5.73 Å². The zero-order chi connectivity index (χ0) is 20.3. The highest BCUT2D eigenvalue weighted by Gasteiger charge is 2.55. The minimum Gasteiger partial charge on any atom is -0.385 e. The van der Waals surface area contributed by atoms with Crippen LogP contribution in [0.5, 0.6) is 0 Å². The van der Waals surface area contributed by atoms with Gasteiger partial charge in [0.25, 0.3) is 0 Å². The summed E-state index contributed by atoms with van der Waals surface area (Å²) in [6.45, 7) is 1.71. The Hall–Kier alpha value is -2.09. The number of amidine groups is 1. The number of hydrogen-bond donors (Lipinski definition) is 3. The molecule has 8 heteroatoms. The van der Waals surface area contributed by atoms with E-state index in [1.807, 2.05) is 4.90 Å². The lowest BCUT2D eigenvalue weighted by atomic mass is 9.75. The molecule has 1 unspecified atom stereocenters. The molecule has 5 nitrogen and oxygen atoms in total. The summed E-state index contributed by atoms with van der Waals surface area (Å²) in [6, 6.07) is 1.00. The Morgan fingerprint density at radius 3 is 2.61 bits per heavy atom. The number of rotatable bonds is 5. The molecular weight excluding hydrogens is 369 g/mol. The standard InChI is InChI=1S/C20H25F3N4O/c1-11(14-6-15(20(21,22)23)17(24)26-9-14)10-27(18(25)16(28)13-2-3-13)19-5-4-12(7-19)8-19/h6,9-10,12-13,16,25,28H,2-5,7-8H2,1H3,(H2,24,26)/b11-10+,25-18?. The molecule has 152 valence electrons. The van der Waals surface area contributed by atoms with E-state index in [2.05, 4.69) is 4.98 Å². The van der Waals surface area contributed by atoms with Crippen LogP contribution in [0.25, 0.3) is 5.57 Å². The van der Waals surface area contributed by atoms with Crippen molar-refractivity contribution in [3.8, 4) is 0 Å². The minimum absolute atomic E-state index is 0.118. The maximum Gasteiger partial charge on any atom is 0.419 e. The Morgan fingerprint density at radius 2 is 2.07 bits per heavy atom. The zero-order valence-corrected chi connectivity index (χ0v) is 15.8. The number of allylic oxidation sites excluding steroid dienone is 1. The van der Waals surface area contributed by atoms with Crippen molar-refractivity contribution in [3.05, 3.63) is 29.6 Å². The summed E-state index contributed by atoms with van der Waals surface area (Å²) in [7, 11) is 0. The van der Waals surface area contributed by atoms with E-state index >= 15 is 0 Å². The number of halogens is 3. The van der Waals surface area contributed by atoms with Crippen molar-refractivity contribution in [2.45, 2.75) is 63.3 Å². The molecule has 5 rings (SSSR count). The second-order valence-electron chi connectivity index (χ2n) is 8.54. The Labute approximate surface area is 161 Å². The third-order valence-corrected chi connectivity index (χ3v) is 6.48. The maximum atomic E-state index is 13.2. The van der Waals surface area contributed by atoms with Gasteiger partial charge in [-0.05, 0) is 74.5 Å². The molecule has 0 radical (unpaired) electrons. The average Bonchev–Trinajstić information content (AvgIpc) is 3.25. The van der Waals surface area contributed by atoms with Crippen molar-refractivity contribution >= 4 is 17.2 Å². The number of fused-ring (bicyclic) bond motifs is 1. The number of nitrogens with one attached hydrogen (secondary N) is 1. The smallest absolute Gasteiger partial charge is 0.385 e. The van der Waals surface area contributed by atoms with Crippen LogP contribution >= 0.6 is 0 Å². The Morgan fingerprint density at radius 1 is 1.39 bits per heavy atom. The van der Waals surface area contributed by atoms with Gasteiger partial charge < -0.3 is 15.7 Å². The second kappa shape index (κ2) is 6.47. The van der Waals surface area contributed by atoms with Gasteiger partial charge in [-0.1, -0.05) is 0 Å². The quantitative estimate of drug-likeness (QED) is 0.520. The van der Waals surface area contributed by atoms with Gasteiger partial charge in [0.1, 0.15) is 17.8 Å². The van der Waals surface area contributed by atoms with Gasteiger partial charge in [-0.2, -0.15) is 13.2 Å². The van der Waals surface area contributed by atoms with Crippen molar-refractivity contribution in [2.75, 3.05) is 5.73 Å². The summed E-state index contributed by atoms with van der Waals surface area (Å²) < 4.78 is 39.5. The highest BCUT2D eigenvalue weighted by Crippen LogP contribution is 2.56. The first-order valence-electron chi connectivity index (χ1n) is 9.68. The number of aliphatic hydroxyl groups is 1. The van der Waals surface area contributed by atoms with Gasteiger partial charge in [0.2, 0.25) is 0 Å². The predicted molar refractivity (Wildman–Crippen MR) is 100 cm³/mol. The Bertz CT molecular complexity index is 820. The van der Waals surface area contributed by atoms with E-state index in [4.69, 9.17) is 11.1 Å². The molecule has 0 aliphatic heterocycles. The third kappa shape index (κ3) is 3.27. The molecule has 0 aromatic carbocycles. The predicted octanol–water partition coefficient (Wildman–Crippen LogP) is 4.04. The molecule has 0 spiro atoms. The summed E-state index contributed by atoms with van der Waals surface area (Å²) in [5.74, 6) is 0.375. The van der Waals surface area contributed by atoms with Gasteiger partial charge in [-0.25, -0.2) is 4.98 Å². The van der Waals surface area contributed by atoms with Gasteiger partial charge in [0.05, 0.1) is 5.56 Å². The van der Waals surface area contributed by atoms with Crippen molar-refractivity contribution < 1.29 is 18.3 Å². The summed E-state index contributed by atoms with van der Waals surface area (Å²) in [5.41, 5.74) is 5.13. The number of nitrogen functional groups attached to an aromatic ring is 1. The Balaban J connectivity index is 1.67. The molecule has 0 amide bonds. The summed E-state index contributed by atoms with van der Waals surface area (Å²) in [6.07, 6.45) is 3.43. The van der Waals surface area contributed by atoms with E-state index in [1.165, 1.54) is 6.20 Å². The van der Waals surface area contributed by atoms with Crippen LogP contribution in [0.3, 0.4) is 0 Å². The van der Waals surface area contributed by atoms with Gasteiger partial charge >= 0.3 is 6.18 Å². The van der Waals surface area contributed by atoms with Crippen molar-refractivity contribution in [1.29, 1.82) is 5.41 Å². The first-order chi connectivity index (χ1) is 13.1.